The van der Waals surface area contributed by atoms with E-state index in [1.165, 1.54) is 11.1 Å². The van der Waals surface area contributed by atoms with Gasteiger partial charge in [-0.2, -0.15) is 5.10 Å². The summed E-state index contributed by atoms with van der Waals surface area (Å²) in [7, 11) is 0. The van der Waals surface area contributed by atoms with E-state index in [1.54, 1.807) is 0 Å². The summed E-state index contributed by atoms with van der Waals surface area (Å²) in [5.41, 5.74) is 3.57. The van der Waals surface area contributed by atoms with Crippen LogP contribution in [-0.2, 0) is 5.54 Å². The van der Waals surface area contributed by atoms with Crippen LogP contribution in [0.3, 0.4) is 0 Å². The minimum atomic E-state index is 0.00655. The van der Waals surface area contributed by atoms with Gasteiger partial charge in [0.15, 0.2) is 0 Å². The van der Waals surface area contributed by atoms with E-state index in [9.17, 15) is 0 Å². The Morgan fingerprint density at radius 1 is 1.09 bits per heavy atom. The Balaban J connectivity index is 2.17. The van der Waals surface area contributed by atoms with Gasteiger partial charge in [-0.05, 0) is 61.5 Å². The van der Waals surface area contributed by atoms with Gasteiger partial charge in [0.05, 0.1) is 11.2 Å². The summed E-state index contributed by atoms with van der Waals surface area (Å²) in [4.78, 5) is 0. The van der Waals surface area contributed by atoms with Crippen molar-refractivity contribution in [1.29, 1.82) is 0 Å². The van der Waals surface area contributed by atoms with Crippen molar-refractivity contribution in [3.8, 4) is 0 Å². The van der Waals surface area contributed by atoms with Crippen molar-refractivity contribution in [1.82, 2.24) is 15.1 Å². The minimum absolute atomic E-state index is 0.00655. The average molecular weight is 303 g/mol. The first kappa shape index (κ1) is 16.8. The molecule has 22 heavy (non-hydrogen) atoms. The van der Waals surface area contributed by atoms with Gasteiger partial charge in [0.2, 0.25) is 0 Å². The van der Waals surface area contributed by atoms with E-state index in [-0.39, 0.29) is 17.6 Å². The number of nitrogens with zero attached hydrogens (tertiary/aromatic N) is 2. The van der Waals surface area contributed by atoms with Crippen LogP contribution in [-0.4, -0.2) is 9.78 Å². The van der Waals surface area contributed by atoms with Gasteiger partial charge in [0.1, 0.15) is 11.5 Å². The summed E-state index contributed by atoms with van der Waals surface area (Å²) in [6, 6.07) is 2.59. The Morgan fingerprint density at radius 2 is 1.68 bits per heavy atom. The van der Waals surface area contributed by atoms with Gasteiger partial charge in [-0.3, -0.25) is 4.68 Å². The van der Waals surface area contributed by atoms with Crippen LogP contribution in [0.5, 0.6) is 0 Å². The molecule has 1 N–H and O–H groups in total. The number of furan rings is 1. The second kappa shape index (κ2) is 5.92. The second-order valence-electron chi connectivity index (χ2n) is 7.26. The van der Waals surface area contributed by atoms with Crippen LogP contribution >= 0.6 is 0 Å². The zero-order valence-electron chi connectivity index (χ0n) is 15.1. The zero-order chi connectivity index (χ0) is 16.7. The normalized spacial score (nSPS) is 15.1. The van der Waals surface area contributed by atoms with Crippen LogP contribution in [0.1, 0.15) is 75.0 Å². The molecule has 2 aromatic heterocycles. The van der Waals surface area contributed by atoms with Crippen LogP contribution < -0.4 is 5.32 Å². The van der Waals surface area contributed by atoms with E-state index in [1.807, 2.05) is 18.5 Å². The summed E-state index contributed by atoms with van der Waals surface area (Å²) >= 11 is 0. The van der Waals surface area contributed by atoms with Crippen molar-refractivity contribution in [2.75, 3.05) is 0 Å². The number of nitrogens with one attached hydrogen (secondary N) is 1. The van der Waals surface area contributed by atoms with E-state index in [4.69, 9.17) is 4.42 Å². The van der Waals surface area contributed by atoms with Gasteiger partial charge in [-0.1, -0.05) is 0 Å². The van der Waals surface area contributed by atoms with Crippen LogP contribution in [0.2, 0.25) is 0 Å². The highest BCUT2D eigenvalue weighted by Crippen LogP contribution is 2.26. The first-order valence-corrected chi connectivity index (χ1v) is 7.99. The zero-order valence-corrected chi connectivity index (χ0v) is 15.1. The van der Waals surface area contributed by atoms with Crippen LogP contribution in [0.25, 0.3) is 0 Å². The maximum atomic E-state index is 5.64. The highest BCUT2D eigenvalue weighted by molar-refractivity contribution is 5.25. The Labute approximate surface area is 133 Å². The lowest BCUT2D eigenvalue weighted by Crippen LogP contribution is -2.23. The maximum Gasteiger partial charge on any atom is 0.105 e. The number of aryl methyl sites for hydroxylation is 3. The van der Waals surface area contributed by atoms with E-state index >= 15 is 0 Å². The molecule has 2 atom stereocenters. The second-order valence-corrected chi connectivity index (χ2v) is 7.26. The molecule has 2 heterocycles. The van der Waals surface area contributed by atoms with Gasteiger partial charge in [-0.25, -0.2) is 0 Å². The molecule has 0 bridgehead atoms. The predicted molar refractivity (Wildman–Crippen MR) is 90.1 cm³/mol. The van der Waals surface area contributed by atoms with E-state index in [2.05, 4.69) is 64.2 Å². The number of hydrogen-bond donors (Lipinski definition) is 1. The van der Waals surface area contributed by atoms with Crippen molar-refractivity contribution >= 4 is 0 Å². The Kier molecular flexibility index (Phi) is 4.52. The van der Waals surface area contributed by atoms with E-state index in [0.29, 0.717) is 0 Å². The first-order chi connectivity index (χ1) is 10.1. The molecule has 0 amide bonds. The lowest BCUT2D eigenvalue weighted by molar-refractivity contribution is 0.353. The maximum absolute atomic E-state index is 5.64. The summed E-state index contributed by atoms with van der Waals surface area (Å²) in [6.45, 7) is 17.0. The van der Waals surface area contributed by atoms with Crippen molar-refractivity contribution in [3.63, 3.8) is 0 Å². The van der Waals surface area contributed by atoms with Crippen molar-refractivity contribution in [3.05, 3.63) is 40.6 Å². The molecular weight excluding hydrogens is 274 g/mol. The minimum Gasteiger partial charge on any atom is -0.466 e. The molecule has 0 aliphatic carbocycles. The Morgan fingerprint density at radius 3 is 2.14 bits per heavy atom. The molecule has 0 fully saturated rings. The SMILES string of the molecule is Cc1cc([C@@H](C)N[C@@H](C)c2cn(C(C)(C)C)nc2C)c(C)o1. The number of aromatic nitrogens is 2. The quantitative estimate of drug-likeness (QED) is 0.900. The molecule has 122 valence electrons. The third kappa shape index (κ3) is 3.43. The molecule has 0 aromatic carbocycles. The smallest absolute Gasteiger partial charge is 0.105 e. The van der Waals surface area contributed by atoms with Gasteiger partial charge in [0.25, 0.3) is 0 Å². The Bertz CT molecular complexity index is 646. The lowest BCUT2D eigenvalue weighted by Gasteiger charge is -2.20. The first-order valence-electron chi connectivity index (χ1n) is 7.99. The van der Waals surface area contributed by atoms with Crippen LogP contribution in [0.15, 0.2) is 16.7 Å². The molecule has 0 saturated heterocycles. The fourth-order valence-electron chi connectivity index (χ4n) is 2.88. The van der Waals surface area contributed by atoms with Crippen molar-refractivity contribution in [2.24, 2.45) is 0 Å². The molecule has 4 heteroatoms. The van der Waals surface area contributed by atoms with Gasteiger partial charge < -0.3 is 9.73 Å². The summed E-state index contributed by atoms with van der Waals surface area (Å²) < 4.78 is 7.69. The highest BCUT2D eigenvalue weighted by atomic mass is 16.3. The molecule has 0 unspecified atom stereocenters. The Hall–Kier alpha value is -1.55. The molecule has 0 saturated carbocycles. The molecular formula is C18H29N3O. The van der Waals surface area contributed by atoms with Crippen molar-refractivity contribution < 1.29 is 4.42 Å². The monoisotopic (exact) mass is 303 g/mol. The van der Waals surface area contributed by atoms with Gasteiger partial charge in [0, 0.05) is 29.4 Å². The summed E-state index contributed by atoms with van der Waals surface area (Å²) in [5, 5.41) is 8.32. The molecule has 0 spiro atoms. The third-order valence-corrected chi connectivity index (χ3v) is 4.14. The number of rotatable bonds is 4. The van der Waals surface area contributed by atoms with E-state index < -0.39 is 0 Å². The number of hydrogen-bond acceptors (Lipinski definition) is 3. The van der Waals surface area contributed by atoms with Crippen molar-refractivity contribution in [2.45, 2.75) is 73.0 Å². The van der Waals surface area contributed by atoms with Crippen LogP contribution in [0, 0.1) is 20.8 Å². The fourth-order valence-corrected chi connectivity index (χ4v) is 2.88. The standard InChI is InChI=1S/C18H29N3O/c1-11-9-16(15(5)22-11)12(2)19-13(3)17-10-21(18(6,7)8)20-14(17)4/h9-10,12-13,19H,1-8H3/t12-,13+/m1/s1. The molecule has 0 aliphatic heterocycles. The third-order valence-electron chi connectivity index (χ3n) is 4.14. The fraction of sp³-hybridized carbons (Fsp3) is 0.611. The molecule has 0 radical (unpaired) electrons. The van der Waals surface area contributed by atoms with E-state index in [0.717, 1.165) is 17.2 Å². The molecule has 2 aromatic rings. The van der Waals surface area contributed by atoms with Gasteiger partial charge >= 0.3 is 0 Å². The largest absolute Gasteiger partial charge is 0.466 e. The predicted octanol–water partition coefficient (Wildman–Crippen LogP) is 4.57. The molecule has 0 aliphatic rings. The highest BCUT2D eigenvalue weighted by Gasteiger charge is 2.21. The topological polar surface area (TPSA) is 43.0 Å². The van der Waals surface area contributed by atoms with Crippen LogP contribution in [0.4, 0.5) is 0 Å². The summed E-state index contributed by atoms with van der Waals surface area (Å²) in [6.07, 6.45) is 2.16. The molecule has 4 nitrogen and oxygen atoms in total. The lowest BCUT2D eigenvalue weighted by atomic mass is 10.0. The summed E-state index contributed by atoms with van der Waals surface area (Å²) in [5.74, 6) is 1.96. The molecule has 2 rings (SSSR count). The van der Waals surface area contributed by atoms with Gasteiger partial charge in [-0.15, -0.1) is 0 Å². The average Bonchev–Trinajstić information content (AvgIpc) is 2.91.